The van der Waals surface area contributed by atoms with E-state index >= 15 is 0 Å². The van der Waals surface area contributed by atoms with Crippen molar-refractivity contribution in [1.82, 2.24) is 5.32 Å². The molecule has 0 aromatic rings. The Kier molecular flexibility index (Phi) is 2.28. The van der Waals surface area contributed by atoms with Gasteiger partial charge in [-0.05, 0) is 25.5 Å². The van der Waals surface area contributed by atoms with Gasteiger partial charge in [0.1, 0.15) is 0 Å². The highest BCUT2D eigenvalue weighted by atomic mass is 16.5. The molecule has 0 aromatic carbocycles. The van der Waals surface area contributed by atoms with Crippen molar-refractivity contribution < 1.29 is 4.74 Å². The van der Waals surface area contributed by atoms with Gasteiger partial charge < -0.3 is 10.1 Å². The fourth-order valence-electron chi connectivity index (χ4n) is 1.94. The lowest BCUT2D eigenvalue weighted by Gasteiger charge is -2.33. The van der Waals surface area contributed by atoms with Gasteiger partial charge >= 0.3 is 0 Å². The molecule has 1 aliphatic heterocycles. The molecule has 0 saturated carbocycles. The van der Waals surface area contributed by atoms with E-state index in [0.717, 1.165) is 19.4 Å². The molecule has 0 bridgehead atoms. The third-order valence-corrected chi connectivity index (χ3v) is 2.62. The minimum Gasteiger partial charge on any atom is -0.373 e. The molecule has 0 aromatic heterocycles. The molecule has 0 amide bonds. The molecule has 1 N–H and O–H groups in total. The van der Waals surface area contributed by atoms with Crippen LogP contribution in [0.3, 0.4) is 0 Å². The van der Waals surface area contributed by atoms with E-state index in [1.807, 2.05) is 7.05 Å². The maximum absolute atomic E-state index is 5.65. The van der Waals surface area contributed by atoms with E-state index < -0.39 is 0 Å². The predicted molar refractivity (Wildman–Crippen MR) is 49.0 cm³/mol. The standard InChI is InChI=1S/C10H15NO/c1-11-9-6-7-12-10-5-3-2-4-8(9)10/h2-4,9-11H,5-7H2,1H3. The second-order valence-electron chi connectivity index (χ2n) is 3.32. The van der Waals surface area contributed by atoms with Crippen molar-refractivity contribution in [2.75, 3.05) is 13.7 Å². The van der Waals surface area contributed by atoms with Crippen LogP contribution in [0.4, 0.5) is 0 Å². The molecule has 1 fully saturated rings. The minimum atomic E-state index is 0.348. The highest BCUT2D eigenvalue weighted by Crippen LogP contribution is 2.25. The first-order chi connectivity index (χ1) is 5.92. The van der Waals surface area contributed by atoms with Crippen LogP contribution in [0.25, 0.3) is 0 Å². The molecule has 0 spiro atoms. The Bertz CT molecular complexity index is 220. The van der Waals surface area contributed by atoms with Crippen LogP contribution in [0.2, 0.25) is 0 Å². The van der Waals surface area contributed by atoms with E-state index in [9.17, 15) is 0 Å². The lowest BCUT2D eigenvalue weighted by molar-refractivity contribution is 0.0439. The van der Waals surface area contributed by atoms with Crippen LogP contribution in [0, 0.1) is 0 Å². The second-order valence-corrected chi connectivity index (χ2v) is 3.32. The maximum Gasteiger partial charge on any atom is 0.0837 e. The number of rotatable bonds is 1. The normalized spacial score (nSPS) is 34.2. The summed E-state index contributed by atoms with van der Waals surface area (Å²) >= 11 is 0. The van der Waals surface area contributed by atoms with Crippen molar-refractivity contribution in [3.8, 4) is 0 Å². The summed E-state index contributed by atoms with van der Waals surface area (Å²) < 4.78 is 5.65. The summed E-state index contributed by atoms with van der Waals surface area (Å²) in [5.41, 5.74) is 1.42. The zero-order valence-corrected chi connectivity index (χ0v) is 7.42. The lowest BCUT2D eigenvalue weighted by atomic mass is 9.91. The monoisotopic (exact) mass is 165 g/mol. The number of fused-ring (bicyclic) bond motifs is 1. The van der Waals surface area contributed by atoms with E-state index in [1.165, 1.54) is 5.57 Å². The first-order valence-electron chi connectivity index (χ1n) is 4.57. The molecule has 2 unspecified atom stereocenters. The molecule has 2 rings (SSSR count). The van der Waals surface area contributed by atoms with Crippen molar-refractivity contribution in [2.45, 2.75) is 25.0 Å². The summed E-state index contributed by atoms with van der Waals surface area (Å²) in [6.07, 6.45) is 8.99. The van der Waals surface area contributed by atoms with Crippen LogP contribution in [0.15, 0.2) is 23.8 Å². The van der Waals surface area contributed by atoms with Crippen LogP contribution in [0.1, 0.15) is 12.8 Å². The maximum atomic E-state index is 5.65. The molecule has 0 radical (unpaired) electrons. The van der Waals surface area contributed by atoms with E-state index in [0.29, 0.717) is 12.1 Å². The minimum absolute atomic E-state index is 0.348. The zero-order chi connectivity index (χ0) is 8.39. The molecule has 1 saturated heterocycles. The van der Waals surface area contributed by atoms with Crippen LogP contribution in [0.5, 0.6) is 0 Å². The Morgan fingerprint density at radius 1 is 1.58 bits per heavy atom. The van der Waals surface area contributed by atoms with Crippen LogP contribution < -0.4 is 5.32 Å². The quantitative estimate of drug-likeness (QED) is 0.631. The lowest BCUT2D eigenvalue weighted by Crippen LogP contribution is -2.40. The van der Waals surface area contributed by atoms with Crippen molar-refractivity contribution in [1.29, 1.82) is 0 Å². The fourth-order valence-corrected chi connectivity index (χ4v) is 1.94. The fraction of sp³-hybridized carbons (Fsp3) is 0.600. The van der Waals surface area contributed by atoms with E-state index in [-0.39, 0.29) is 0 Å². The number of allylic oxidation sites excluding steroid dienone is 2. The zero-order valence-electron chi connectivity index (χ0n) is 7.42. The summed E-state index contributed by atoms with van der Waals surface area (Å²) in [6, 6.07) is 0.536. The first-order valence-corrected chi connectivity index (χ1v) is 4.57. The Labute approximate surface area is 73.3 Å². The molecule has 2 heteroatoms. The average molecular weight is 165 g/mol. The summed E-state index contributed by atoms with van der Waals surface area (Å²) in [4.78, 5) is 0. The van der Waals surface area contributed by atoms with Crippen molar-refractivity contribution in [3.63, 3.8) is 0 Å². The number of ether oxygens (including phenoxy) is 1. The van der Waals surface area contributed by atoms with Gasteiger partial charge in [0.25, 0.3) is 0 Å². The van der Waals surface area contributed by atoms with Gasteiger partial charge in [-0.2, -0.15) is 0 Å². The van der Waals surface area contributed by atoms with E-state index in [1.54, 1.807) is 0 Å². The molecule has 66 valence electrons. The average Bonchev–Trinajstić information content (AvgIpc) is 2.17. The molecule has 2 aliphatic rings. The molecule has 12 heavy (non-hydrogen) atoms. The van der Waals surface area contributed by atoms with Gasteiger partial charge in [0.05, 0.1) is 6.10 Å². The number of likely N-dealkylation sites (N-methyl/N-ethyl adjacent to an activating group) is 1. The number of hydrogen-bond donors (Lipinski definition) is 1. The highest BCUT2D eigenvalue weighted by Gasteiger charge is 2.26. The summed E-state index contributed by atoms with van der Waals surface area (Å²) in [7, 11) is 2.02. The first kappa shape index (κ1) is 8.02. The van der Waals surface area contributed by atoms with Gasteiger partial charge in [0.2, 0.25) is 0 Å². The highest BCUT2D eigenvalue weighted by molar-refractivity contribution is 5.28. The smallest absolute Gasteiger partial charge is 0.0837 e. The third kappa shape index (κ3) is 1.32. The van der Waals surface area contributed by atoms with Crippen molar-refractivity contribution >= 4 is 0 Å². The predicted octanol–water partition coefficient (Wildman–Crippen LogP) is 1.25. The van der Waals surface area contributed by atoms with Crippen LogP contribution in [-0.4, -0.2) is 25.8 Å². The van der Waals surface area contributed by atoms with Crippen LogP contribution >= 0.6 is 0 Å². The van der Waals surface area contributed by atoms with E-state index in [4.69, 9.17) is 4.74 Å². The summed E-state index contributed by atoms with van der Waals surface area (Å²) in [5, 5.41) is 3.32. The Hall–Kier alpha value is -0.600. The van der Waals surface area contributed by atoms with Gasteiger partial charge in [-0.1, -0.05) is 18.2 Å². The molecular weight excluding hydrogens is 150 g/mol. The van der Waals surface area contributed by atoms with Gasteiger partial charge in [-0.15, -0.1) is 0 Å². The SMILES string of the molecule is CNC1CCOC2CC=CC=C12. The number of nitrogens with one attached hydrogen (secondary N) is 1. The van der Waals surface area contributed by atoms with Gasteiger partial charge in [-0.3, -0.25) is 0 Å². The molecule has 2 nitrogen and oxygen atoms in total. The van der Waals surface area contributed by atoms with Gasteiger partial charge in [0.15, 0.2) is 0 Å². The number of hydrogen-bond acceptors (Lipinski definition) is 2. The largest absolute Gasteiger partial charge is 0.373 e. The van der Waals surface area contributed by atoms with Crippen LogP contribution in [-0.2, 0) is 4.74 Å². The van der Waals surface area contributed by atoms with Gasteiger partial charge in [0, 0.05) is 12.6 Å². The van der Waals surface area contributed by atoms with Gasteiger partial charge in [-0.25, -0.2) is 0 Å². The van der Waals surface area contributed by atoms with E-state index in [2.05, 4.69) is 23.5 Å². The third-order valence-electron chi connectivity index (χ3n) is 2.62. The van der Waals surface area contributed by atoms with Crippen molar-refractivity contribution in [3.05, 3.63) is 23.8 Å². The van der Waals surface area contributed by atoms with Crippen molar-refractivity contribution in [2.24, 2.45) is 0 Å². The summed E-state index contributed by atoms with van der Waals surface area (Å²) in [6.45, 7) is 0.890. The molecule has 2 atom stereocenters. The molecular formula is C10H15NO. The topological polar surface area (TPSA) is 21.3 Å². The Morgan fingerprint density at radius 3 is 3.33 bits per heavy atom. The molecule has 1 aliphatic carbocycles. The Morgan fingerprint density at radius 2 is 2.50 bits per heavy atom. The molecule has 1 heterocycles. The Balaban J connectivity index is 2.17. The summed E-state index contributed by atoms with van der Waals surface area (Å²) in [5.74, 6) is 0. The second kappa shape index (κ2) is 3.42.